The van der Waals surface area contributed by atoms with Crippen molar-refractivity contribution >= 4 is 62.3 Å². The molecular weight excluding hydrogens is 593 g/mol. The van der Waals surface area contributed by atoms with Gasteiger partial charge in [-0.1, -0.05) is 77.3 Å². The monoisotopic (exact) mass is 623 g/mol. The predicted octanol–water partition coefficient (Wildman–Crippen LogP) is 5.97. The van der Waals surface area contributed by atoms with Crippen molar-refractivity contribution in [2.45, 2.75) is 45.3 Å². The van der Waals surface area contributed by atoms with Crippen molar-refractivity contribution in [2.24, 2.45) is 0 Å². The van der Waals surface area contributed by atoms with E-state index in [-0.39, 0.29) is 34.6 Å². The average molecular weight is 625 g/mol. The van der Waals surface area contributed by atoms with Crippen LogP contribution in [0.15, 0.2) is 72.8 Å². The van der Waals surface area contributed by atoms with E-state index in [4.69, 9.17) is 34.8 Å². The average Bonchev–Trinajstić information content (AvgIpc) is 2.82. The second-order valence-electron chi connectivity index (χ2n) is 10.5. The van der Waals surface area contributed by atoms with Gasteiger partial charge in [-0.2, -0.15) is 0 Å². The molecule has 11 heteroatoms. The maximum absolute atomic E-state index is 14.1. The van der Waals surface area contributed by atoms with Crippen LogP contribution in [0.1, 0.15) is 31.9 Å². The summed E-state index contributed by atoms with van der Waals surface area (Å²) in [6.45, 7) is 4.98. The number of halogens is 3. The topological polar surface area (TPSA) is 86.8 Å². The lowest BCUT2D eigenvalue weighted by Crippen LogP contribution is -2.56. The summed E-state index contributed by atoms with van der Waals surface area (Å²) in [5.74, 6) is -0.963. The van der Waals surface area contributed by atoms with Gasteiger partial charge in [0.15, 0.2) is 0 Å². The van der Waals surface area contributed by atoms with Gasteiger partial charge in [0.2, 0.25) is 21.8 Å². The van der Waals surface area contributed by atoms with Crippen LogP contribution in [-0.4, -0.2) is 49.5 Å². The van der Waals surface area contributed by atoms with Gasteiger partial charge >= 0.3 is 0 Å². The molecule has 0 aliphatic rings. The molecule has 40 heavy (non-hydrogen) atoms. The van der Waals surface area contributed by atoms with Crippen molar-refractivity contribution in [1.82, 2.24) is 10.2 Å². The molecule has 7 nitrogen and oxygen atoms in total. The van der Waals surface area contributed by atoms with Gasteiger partial charge in [0.1, 0.15) is 12.6 Å². The van der Waals surface area contributed by atoms with Gasteiger partial charge in [0, 0.05) is 33.6 Å². The Morgan fingerprint density at radius 2 is 1.45 bits per heavy atom. The molecule has 3 aromatic rings. The number of nitrogens with one attached hydrogen (secondary N) is 1. The number of anilines is 1. The quantitative estimate of drug-likeness (QED) is 0.301. The molecule has 0 radical (unpaired) electrons. The highest BCUT2D eigenvalue weighted by Gasteiger charge is 2.34. The Hall–Kier alpha value is -2.78. The minimum absolute atomic E-state index is 0.0162. The summed E-state index contributed by atoms with van der Waals surface area (Å²) in [5.41, 5.74) is 1.07. The molecule has 3 aromatic carbocycles. The van der Waals surface area contributed by atoms with Crippen LogP contribution in [0.5, 0.6) is 0 Å². The van der Waals surface area contributed by atoms with Gasteiger partial charge in [-0.15, -0.1) is 0 Å². The second-order valence-corrected chi connectivity index (χ2v) is 13.7. The molecule has 0 aliphatic carbocycles. The Balaban J connectivity index is 2.09. The molecule has 1 atom stereocenters. The van der Waals surface area contributed by atoms with E-state index in [0.29, 0.717) is 10.6 Å². The molecule has 0 bridgehead atoms. The van der Waals surface area contributed by atoms with Crippen LogP contribution in [0.3, 0.4) is 0 Å². The maximum atomic E-state index is 14.1. The lowest BCUT2D eigenvalue weighted by atomic mass is 10.0. The van der Waals surface area contributed by atoms with E-state index >= 15 is 0 Å². The third-order valence-electron chi connectivity index (χ3n) is 5.83. The number of sulfonamides is 1. The fourth-order valence-electron chi connectivity index (χ4n) is 4.14. The molecule has 0 spiro atoms. The Labute approximate surface area is 251 Å². The lowest BCUT2D eigenvalue weighted by Gasteiger charge is -2.35. The number of benzene rings is 3. The standard InChI is InChI=1S/C29H32Cl3N3O4S/c1-29(2,3)33-28(37)26(14-20-9-6-5-7-10-20)34(18-21-11-8-12-22(30)13-21)27(36)19-35(40(4,38)39)25-16-23(31)15-24(32)17-25/h5-13,15-17,26H,14,18-19H2,1-4H3,(H,33,37). The van der Waals surface area contributed by atoms with Crippen molar-refractivity contribution in [3.8, 4) is 0 Å². The largest absolute Gasteiger partial charge is 0.350 e. The van der Waals surface area contributed by atoms with E-state index in [0.717, 1.165) is 16.1 Å². The lowest BCUT2D eigenvalue weighted by molar-refractivity contribution is -0.140. The molecular formula is C29H32Cl3N3O4S. The van der Waals surface area contributed by atoms with Crippen molar-refractivity contribution in [1.29, 1.82) is 0 Å². The van der Waals surface area contributed by atoms with Gasteiger partial charge in [-0.05, 0) is 62.2 Å². The van der Waals surface area contributed by atoms with Gasteiger partial charge in [0.25, 0.3) is 0 Å². The molecule has 1 N–H and O–H groups in total. The normalized spacial score (nSPS) is 12.5. The van der Waals surface area contributed by atoms with Gasteiger partial charge < -0.3 is 10.2 Å². The zero-order chi connectivity index (χ0) is 29.7. The number of rotatable bonds is 10. The van der Waals surface area contributed by atoms with Crippen LogP contribution < -0.4 is 9.62 Å². The number of hydrogen-bond acceptors (Lipinski definition) is 4. The van der Waals surface area contributed by atoms with Crippen LogP contribution in [0.25, 0.3) is 0 Å². The minimum atomic E-state index is -3.95. The number of carbonyl (C=O) groups excluding carboxylic acids is 2. The summed E-state index contributed by atoms with van der Waals surface area (Å²) in [5, 5.41) is 3.87. The summed E-state index contributed by atoms with van der Waals surface area (Å²) < 4.78 is 26.7. The van der Waals surface area contributed by atoms with Gasteiger partial charge in [-0.25, -0.2) is 8.42 Å². The maximum Gasteiger partial charge on any atom is 0.244 e. The van der Waals surface area contributed by atoms with Gasteiger partial charge in [0.05, 0.1) is 11.9 Å². The molecule has 0 fully saturated rings. The summed E-state index contributed by atoms with van der Waals surface area (Å²) in [6.07, 6.45) is 1.20. The smallest absolute Gasteiger partial charge is 0.244 e. The Morgan fingerprint density at radius 1 is 0.850 bits per heavy atom. The molecule has 0 saturated carbocycles. The van der Waals surface area contributed by atoms with E-state index < -0.39 is 34.1 Å². The van der Waals surface area contributed by atoms with E-state index in [1.807, 2.05) is 51.1 Å². The SMILES string of the molecule is CC(C)(C)NC(=O)C(Cc1ccccc1)N(Cc1cccc(Cl)c1)C(=O)CN(c1cc(Cl)cc(Cl)c1)S(C)(=O)=O. The van der Waals surface area contributed by atoms with Crippen LogP contribution >= 0.6 is 34.8 Å². The molecule has 1 unspecified atom stereocenters. The van der Waals surface area contributed by atoms with E-state index in [2.05, 4.69) is 5.32 Å². The fraction of sp³-hybridized carbons (Fsp3) is 0.310. The molecule has 3 rings (SSSR count). The van der Waals surface area contributed by atoms with Crippen LogP contribution in [-0.2, 0) is 32.6 Å². The molecule has 0 heterocycles. The third-order valence-corrected chi connectivity index (χ3v) is 7.64. The summed E-state index contributed by atoms with van der Waals surface area (Å²) in [6, 6.07) is 19.6. The first kappa shape index (κ1) is 31.7. The van der Waals surface area contributed by atoms with Gasteiger partial charge in [-0.3, -0.25) is 13.9 Å². The van der Waals surface area contributed by atoms with E-state index in [9.17, 15) is 18.0 Å². The molecule has 0 saturated heterocycles. The summed E-state index contributed by atoms with van der Waals surface area (Å²) >= 11 is 18.5. The zero-order valence-electron chi connectivity index (χ0n) is 22.7. The first-order chi connectivity index (χ1) is 18.6. The van der Waals surface area contributed by atoms with Crippen LogP contribution in [0.2, 0.25) is 15.1 Å². The Bertz CT molecular complexity index is 1440. The highest BCUT2D eigenvalue weighted by Crippen LogP contribution is 2.28. The summed E-state index contributed by atoms with van der Waals surface area (Å²) in [7, 11) is -3.95. The summed E-state index contributed by atoms with van der Waals surface area (Å²) in [4.78, 5) is 29.2. The minimum Gasteiger partial charge on any atom is -0.350 e. The number of carbonyl (C=O) groups is 2. The van der Waals surface area contributed by atoms with E-state index in [1.54, 1.807) is 24.3 Å². The van der Waals surface area contributed by atoms with E-state index in [1.165, 1.54) is 23.1 Å². The Kier molecular flexibility index (Phi) is 10.5. The van der Waals surface area contributed by atoms with Crippen molar-refractivity contribution in [3.63, 3.8) is 0 Å². The highest BCUT2D eigenvalue weighted by atomic mass is 35.5. The molecule has 0 aromatic heterocycles. The molecule has 214 valence electrons. The second kappa shape index (κ2) is 13.3. The number of nitrogens with zero attached hydrogens (tertiary/aromatic N) is 2. The van der Waals surface area contributed by atoms with Crippen LogP contribution in [0.4, 0.5) is 5.69 Å². The highest BCUT2D eigenvalue weighted by molar-refractivity contribution is 7.92. The van der Waals surface area contributed by atoms with Crippen molar-refractivity contribution < 1.29 is 18.0 Å². The third kappa shape index (κ3) is 9.41. The first-order valence-corrected chi connectivity index (χ1v) is 15.4. The molecule has 2 amide bonds. The molecule has 0 aliphatic heterocycles. The van der Waals surface area contributed by atoms with Crippen molar-refractivity contribution in [3.05, 3.63) is 99.0 Å². The number of amides is 2. The zero-order valence-corrected chi connectivity index (χ0v) is 25.8. The fourth-order valence-corrected chi connectivity index (χ4v) is 5.70. The van der Waals surface area contributed by atoms with Crippen molar-refractivity contribution in [2.75, 3.05) is 17.1 Å². The Morgan fingerprint density at radius 3 is 2.00 bits per heavy atom. The number of hydrogen-bond donors (Lipinski definition) is 1. The van der Waals surface area contributed by atoms with Crippen LogP contribution in [0, 0.1) is 0 Å². The predicted molar refractivity (Wildman–Crippen MR) is 162 cm³/mol. The first-order valence-electron chi connectivity index (χ1n) is 12.5.